The average molecular weight is 346 g/mol. The van der Waals surface area contributed by atoms with Crippen LogP contribution in [0, 0.1) is 0 Å². The lowest BCUT2D eigenvalue weighted by molar-refractivity contribution is -0.140. The number of rotatable bonds is 4. The van der Waals surface area contributed by atoms with Gasteiger partial charge in [0.15, 0.2) is 0 Å². The van der Waals surface area contributed by atoms with Crippen molar-refractivity contribution in [3.63, 3.8) is 0 Å². The lowest BCUT2D eigenvalue weighted by Gasteiger charge is -2.22. The monoisotopic (exact) mass is 344 g/mol. The van der Waals surface area contributed by atoms with Crippen LogP contribution in [0.1, 0.15) is 10.5 Å². The van der Waals surface area contributed by atoms with E-state index in [0.717, 1.165) is 0 Å². The number of alkyl halides is 4. The van der Waals surface area contributed by atoms with Crippen LogP contribution in [-0.2, 0) is 0 Å². The summed E-state index contributed by atoms with van der Waals surface area (Å²) in [5.74, 6) is -0.862. The molecule has 0 atom stereocenters. The van der Waals surface area contributed by atoms with Gasteiger partial charge in [-0.1, -0.05) is 0 Å². The summed E-state index contributed by atoms with van der Waals surface area (Å²) >= 11 is 8.52. The molecule has 0 aliphatic carbocycles. The topological polar surface area (TPSA) is 33.2 Å². The number of carbonyl (C=O) groups excluding carboxylic acids is 1. The molecule has 0 unspecified atom stereocenters. The highest BCUT2D eigenvalue weighted by Gasteiger charge is 2.33. The molecular formula is C10H9BrClF3N2O. The molecule has 1 heterocycles. The Morgan fingerprint density at radius 1 is 1.44 bits per heavy atom. The van der Waals surface area contributed by atoms with Gasteiger partial charge in [-0.15, -0.1) is 11.6 Å². The Bertz CT molecular complexity index is 411. The summed E-state index contributed by atoms with van der Waals surface area (Å²) in [6.45, 7) is -1.52. The third kappa shape index (κ3) is 4.81. The summed E-state index contributed by atoms with van der Waals surface area (Å²) in [6.07, 6.45) is -3.11. The molecule has 0 aliphatic rings. The zero-order chi connectivity index (χ0) is 13.8. The van der Waals surface area contributed by atoms with Crippen LogP contribution in [0.2, 0.25) is 0 Å². The molecule has 3 nitrogen and oxygen atoms in total. The second-order valence-electron chi connectivity index (χ2n) is 3.39. The predicted molar refractivity (Wildman–Crippen MR) is 64.6 cm³/mol. The minimum Gasteiger partial charge on any atom is -0.327 e. The molecule has 0 saturated heterocycles. The number of amides is 1. The molecule has 1 rings (SSSR count). The fraction of sp³-hybridized carbons (Fsp3) is 0.400. The van der Waals surface area contributed by atoms with Gasteiger partial charge in [0, 0.05) is 23.1 Å². The number of nitrogens with zero attached hydrogens (tertiary/aromatic N) is 2. The van der Waals surface area contributed by atoms with Crippen LogP contribution in [0.5, 0.6) is 0 Å². The molecule has 1 aromatic rings. The summed E-state index contributed by atoms with van der Waals surface area (Å²) in [7, 11) is 0. The van der Waals surface area contributed by atoms with Gasteiger partial charge in [-0.2, -0.15) is 13.2 Å². The summed E-state index contributed by atoms with van der Waals surface area (Å²) in [6, 6.07) is 2.89. The molecule has 0 fully saturated rings. The van der Waals surface area contributed by atoms with Gasteiger partial charge in [-0.3, -0.25) is 4.79 Å². The fourth-order valence-corrected chi connectivity index (χ4v) is 1.67. The maximum atomic E-state index is 12.3. The highest BCUT2D eigenvalue weighted by Crippen LogP contribution is 2.18. The van der Waals surface area contributed by atoms with Crippen molar-refractivity contribution in [2.45, 2.75) is 6.18 Å². The van der Waals surface area contributed by atoms with Crippen molar-refractivity contribution in [1.29, 1.82) is 0 Å². The lowest BCUT2D eigenvalue weighted by Crippen LogP contribution is -2.40. The zero-order valence-corrected chi connectivity index (χ0v) is 11.4. The Morgan fingerprint density at radius 3 is 2.56 bits per heavy atom. The number of hydrogen-bond acceptors (Lipinski definition) is 2. The van der Waals surface area contributed by atoms with Gasteiger partial charge in [0.25, 0.3) is 5.91 Å². The minimum absolute atomic E-state index is 0.0485. The molecular weight excluding hydrogens is 336 g/mol. The molecule has 0 bridgehead atoms. The number of pyridine rings is 1. The van der Waals surface area contributed by atoms with E-state index in [9.17, 15) is 18.0 Å². The van der Waals surface area contributed by atoms with Crippen molar-refractivity contribution >= 4 is 33.4 Å². The fourth-order valence-electron chi connectivity index (χ4n) is 1.24. The van der Waals surface area contributed by atoms with Crippen LogP contribution in [0.3, 0.4) is 0 Å². The van der Waals surface area contributed by atoms with Gasteiger partial charge in [-0.25, -0.2) is 4.98 Å². The Kier molecular flexibility index (Phi) is 5.40. The van der Waals surface area contributed by atoms with E-state index in [-0.39, 0.29) is 18.1 Å². The molecule has 18 heavy (non-hydrogen) atoms. The molecule has 1 amide bonds. The molecule has 0 radical (unpaired) electrons. The second kappa shape index (κ2) is 6.38. The van der Waals surface area contributed by atoms with E-state index in [1.54, 1.807) is 0 Å². The molecule has 8 heteroatoms. The second-order valence-corrected chi connectivity index (χ2v) is 4.69. The van der Waals surface area contributed by atoms with Crippen molar-refractivity contribution in [1.82, 2.24) is 9.88 Å². The van der Waals surface area contributed by atoms with E-state index in [1.165, 1.54) is 18.3 Å². The van der Waals surface area contributed by atoms with Crippen molar-refractivity contribution in [3.8, 4) is 0 Å². The SMILES string of the molecule is O=C(c1ccc(Br)cn1)N(CCCl)CC(F)(F)F. The van der Waals surface area contributed by atoms with E-state index in [0.29, 0.717) is 9.37 Å². The van der Waals surface area contributed by atoms with Gasteiger partial charge in [0.1, 0.15) is 12.2 Å². The van der Waals surface area contributed by atoms with Crippen LogP contribution in [-0.4, -0.2) is 40.9 Å². The largest absolute Gasteiger partial charge is 0.406 e. The first-order valence-electron chi connectivity index (χ1n) is 4.87. The van der Waals surface area contributed by atoms with Crippen LogP contribution in [0.15, 0.2) is 22.8 Å². The average Bonchev–Trinajstić information content (AvgIpc) is 2.27. The van der Waals surface area contributed by atoms with Crippen molar-refractivity contribution in [3.05, 3.63) is 28.5 Å². The van der Waals surface area contributed by atoms with Crippen LogP contribution >= 0.6 is 27.5 Å². The third-order valence-electron chi connectivity index (χ3n) is 1.96. The number of halogens is 5. The van der Waals surface area contributed by atoms with Crippen molar-refractivity contribution < 1.29 is 18.0 Å². The van der Waals surface area contributed by atoms with E-state index in [1.807, 2.05) is 0 Å². The molecule has 0 aromatic carbocycles. The predicted octanol–water partition coefficient (Wildman–Crippen LogP) is 3.09. The molecule has 1 aromatic heterocycles. The van der Waals surface area contributed by atoms with Crippen molar-refractivity contribution in [2.75, 3.05) is 19.0 Å². The zero-order valence-electron chi connectivity index (χ0n) is 9.05. The van der Waals surface area contributed by atoms with Gasteiger partial charge < -0.3 is 4.90 Å². The number of carbonyl (C=O) groups is 1. The molecule has 0 aliphatic heterocycles. The Balaban J connectivity index is 2.85. The highest BCUT2D eigenvalue weighted by molar-refractivity contribution is 9.10. The van der Waals surface area contributed by atoms with E-state index >= 15 is 0 Å². The van der Waals surface area contributed by atoms with Gasteiger partial charge >= 0.3 is 6.18 Å². The van der Waals surface area contributed by atoms with Crippen molar-refractivity contribution in [2.24, 2.45) is 0 Å². The first kappa shape index (κ1) is 15.2. The first-order chi connectivity index (χ1) is 8.33. The Morgan fingerprint density at radius 2 is 2.11 bits per heavy atom. The van der Waals surface area contributed by atoms with Gasteiger partial charge in [0.2, 0.25) is 0 Å². The lowest BCUT2D eigenvalue weighted by atomic mass is 10.3. The van der Waals surface area contributed by atoms with Crippen LogP contribution < -0.4 is 0 Å². The Hall–Kier alpha value is -0.820. The quantitative estimate of drug-likeness (QED) is 0.786. The summed E-state index contributed by atoms with van der Waals surface area (Å²) in [5, 5.41) is 0. The standard InChI is InChI=1S/C10H9BrClF3N2O/c11-7-1-2-8(16-5-7)9(18)17(4-3-12)6-10(13,14)15/h1-2,5H,3-4,6H2. The molecule has 0 saturated carbocycles. The van der Waals surface area contributed by atoms with E-state index < -0.39 is 18.6 Å². The molecule has 100 valence electrons. The van der Waals surface area contributed by atoms with Gasteiger partial charge in [0.05, 0.1) is 0 Å². The minimum atomic E-state index is -4.46. The van der Waals surface area contributed by atoms with E-state index in [4.69, 9.17) is 11.6 Å². The van der Waals surface area contributed by atoms with E-state index in [2.05, 4.69) is 20.9 Å². The third-order valence-corrected chi connectivity index (χ3v) is 2.60. The Labute approximate surface area is 115 Å². The highest BCUT2D eigenvalue weighted by atomic mass is 79.9. The summed E-state index contributed by atoms with van der Waals surface area (Å²) < 4.78 is 37.6. The summed E-state index contributed by atoms with van der Waals surface area (Å²) in [5.41, 5.74) is -0.0485. The smallest absolute Gasteiger partial charge is 0.327 e. The van der Waals surface area contributed by atoms with Crippen LogP contribution in [0.4, 0.5) is 13.2 Å². The summed E-state index contributed by atoms with van der Waals surface area (Å²) in [4.78, 5) is 16.2. The molecule has 0 spiro atoms. The van der Waals surface area contributed by atoms with Crippen LogP contribution in [0.25, 0.3) is 0 Å². The first-order valence-corrected chi connectivity index (χ1v) is 6.20. The number of aromatic nitrogens is 1. The maximum absolute atomic E-state index is 12.3. The number of hydrogen-bond donors (Lipinski definition) is 0. The molecule has 0 N–H and O–H groups in total. The normalized spacial score (nSPS) is 11.4. The maximum Gasteiger partial charge on any atom is 0.406 e. The van der Waals surface area contributed by atoms with Gasteiger partial charge in [-0.05, 0) is 28.1 Å².